The van der Waals surface area contributed by atoms with Gasteiger partial charge >= 0.3 is 0 Å². The normalized spacial score (nSPS) is 29.8. The molecule has 0 aliphatic carbocycles. The first-order valence-corrected chi connectivity index (χ1v) is 9.97. The van der Waals surface area contributed by atoms with E-state index in [0.717, 1.165) is 39.1 Å². The number of carbonyl (C=O) groups excluding carboxylic acids is 1. The Labute approximate surface area is 151 Å². The number of nitrogens with zero attached hydrogens (tertiary/aromatic N) is 2. The lowest BCUT2D eigenvalue weighted by molar-refractivity contribution is -0.134. The molecule has 3 saturated heterocycles. The second-order valence-electron chi connectivity index (χ2n) is 8.33. The first-order chi connectivity index (χ1) is 12.2. The summed E-state index contributed by atoms with van der Waals surface area (Å²) in [5, 5.41) is 3.67. The first-order valence-electron chi connectivity index (χ1n) is 9.97. The standard InChI is InChI=1S/C21H31N3O/c1-16-3-2-4-17(11-16)15-23-7-9-24(10-8-23)21(25)14-18-12-19-5-6-20(13-18)22-19/h2-4,11,18-20,22H,5-10,12-15H2,1H3. The highest BCUT2D eigenvalue weighted by atomic mass is 16.2. The Balaban J connectivity index is 1.23. The maximum Gasteiger partial charge on any atom is 0.222 e. The van der Waals surface area contributed by atoms with Crippen LogP contribution in [0.5, 0.6) is 0 Å². The van der Waals surface area contributed by atoms with E-state index in [-0.39, 0.29) is 0 Å². The summed E-state index contributed by atoms with van der Waals surface area (Å²) in [6, 6.07) is 10.1. The number of nitrogens with one attached hydrogen (secondary N) is 1. The van der Waals surface area contributed by atoms with Gasteiger partial charge in [-0.15, -0.1) is 0 Å². The second-order valence-corrected chi connectivity index (χ2v) is 8.33. The zero-order valence-corrected chi connectivity index (χ0v) is 15.4. The van der Waals surface area contributed by atoms with Crippen LogP contribution in [0.2, 0.25) is 0 Å². The maximum atomic E-state index is 12.7. The molecule has 136 valence electrons. The summed E-state index contributed by atoms with van der Waals surface area (Å²) in [6.07, 6.45) is 5.80. The number of aryl methyl sites for hydroxylation is 1. The van der Waals surface area contributed by atoms with Crippen molar-refractivity contribution in [3.8, 4) is 0 Å². The molecule has 0 aromatic heterocycles. The smallest absolute Gasteiger partial charge is 0.222 e. The van der Waals surface area contributed by atoms with Gasteiger partial charge in [0.2, 0.25) is 5.91 Å². The number of piperidine rings is 1. The third-order valence-electron chi connectivity index (χ3n) is 6.25. The van der Waals surface area contributed by atoms with Crippen LogP contribution < -0.4 is 5.32 Å². The fourth-order valence-electron chi connectivity index (χ4n) is 4.94. The SMILES string of the molecule is Cc1cccc(CN2CCN(C(=O)CC3CC4CCC(C3)N4)CC2)c1. The average Bonchev–Trinajstić information content (AvgIpc) is 2.94. The van der Waals surface area contributed by atoms with Gasteiger partial charge in [0, 0.05) is 51.2 Å². The van der Waals surface area contributed by atoms with Crippen LogP contribution >= 0.6 is 0 Å². The summed E-state index contributed by atoms with van der Waals surface area (Å²) in [5.41, 5.74) is 2.70. The first kappa shape index (κ1) is 17.0. The predicted octanol–water partition coefficient (Wildman–Crippen LogP) is 2.56. The number of rotatable bonds is 4. The number of benzene rings is 1. The number of amides is 1. The van der Waals surface area contributed by atoms with Crippen LogP contribution in [-0.4, -0.2) is 54.0 Å². The Morgan fingerprint density at radius 1 is 1.12 bits per heavy atom. The topological polar surface area (TPSA) is 35.6 Å². The maximum absolute atomic E-state index is 12.7. The van der Waals surface area contributed by atoms with Crippen molar-refractivity contribution in [3.63, 3.8) is 0 Å². The van der Waals surface area contributed by atoms with Gasteiger partial charge < -0.3 is 10.2 Å². The lowest BCUT2D eigenvalue weighted by atomic mass is 9.89. The van der Waals surface area contributed by atoms with E-state index in [9.17, 15) is 4.79 Å². The largest absolute Gasteiger partial charge is 0.340 e. The van der Waals surface area contributed by atoms with Gasteiger partial charge in [-0.05, 0) is 44.1 Å². The lowest BCUT2D eigenvalue weighted by Crippen LogP contribution is -2.49. The van der Waals surface area contributed by atoms with Crippen LogP contribution in [-0.2, 0) is 11.3 Å². The minimum Gasteiger partial charge on any atom is -0.340 e. The van der Waals surface area contributed by atoms with Crippen molar-refractivity contribution in [2.45, 2.75) is 57.7 Å². The van der Waals surface area contributed by atoms with Crippen molar-refractivity contribution >= 4 is 5.91 Å². The molecule has 0 saturated carbocycles. The molecular weight excluding hydrogens is 310 g/mol. The van der Waals surface area contributed by atoms with E-state index >= 15 is 0 Å². The lowest BCUT2D eigenvalue weighted by Gasteiger charge is -2.36. The molecule has 0 spiro atoms. The summed E-state index contributed by atoms with van der Waals surface area (Å²) >= 11 is 0. The zero-order valence-electron chi connectivity index (χ0n) is 15.4. The molecule has 3 fully saturated rings. The molecule has 2 bridgehead atoms. The van der Waals surface area contributed by atoms with Crippen molar-refractivity contribution in [1.82, 2.24) is 15.1 Å². The third kappa shape index (κ3) is 4.24. The van der Waals surface area contributed by atoms with Crippen molar-refractivity contribution < 1.29 is 4.79 Å². The number of hydrogen-bond acceptors (Lipinski definition) is 3. The number of piperazine rings is 1. The summed E-state index contributed by atoms with van der Waals surface area (Å²) in [6.45, 7) is 6.92. The molecule has 1 amide bonds. The Hall–Kier alpha value is -1.39. The Bertz CT molecular complexity index is 597. The van der Waals surface area contributed by atoms with Gasteiger partial charge in [-0.2, -0.15) is 0 Å². The van der Waals surface area contributed by atoms with Crippen molar-refractivity contribution in [1.29, 1.82) is 0 Å². The predicted molar refractivity (Wildman–Crippen MR) is 100 cm³/mol. The van der Waals surface area contributed by atoms with Crippen LogP contribution in [0.4, 0.5) is 0 Å². The molecule has 3 aliphatic rings. The molecule has 4 rings (SSSR count). The van der Waals surface area contributed by atoms with Crippen molar-refractivity contribution in [3.05, 3.63) is 35.4 Å². The highest BCUT2D eigenvalue weighted by molar-refractivity contribution is 5.76. The Morgan fingerprint density at radius 3 is 2.52 bits per heavy atom. The molecule has 4 nitrogen and oxygen atoms in total. The Morgan fingerprint density at radius 2 is 1.84 bits per heavy atom. The molecule has 3 aliphatic heterocycles. The quantitative estimate of drug-likeness (QED) is 0.914. The van der Waals surface area contributed by atoms with E-state index in [0.29, 0.717) is 23.9 Å². The van der Waals surface area contributed by atoms with Gasteiger partial charge in [0.05, 0.1) is 0 Å². The molecule has 2 atom stereocenters. The summed E-state index contributed by atoms with van der Waals surface area (Å²) in [5.74, 6) is 0.998. The van der Waals surface area contributed by atoms with Gasteiger partial charge in [0.1, 0.15) is 0 Å². The van der Waals surface area contributed by atoms with Crippen molar-refractivity contribution in [2.24, 2.45) is 5.92 Å². The molecule has 1 aromatic carbocycles. The molecule has 0 radical (unpaired) electrons. The van der Waals surface area contributed by atoms with E-state index in [1.807, 2.05) is 0 Å². The molecule has 3 heterocycles. The van der Waals surface area contributed by atoms with Gasteiger partial charge in [-0.1, -0.05) is 29.8 Å². The van der Waals surface area contributed by atoms with Crippen LogP contribution in [0.1, 0.15) is 43.2 Å². The van der Waals surface area contributed by atoms with Gasteiger partial charge in [-0.25, -0.2) is 0 Å². The summed E-state index contributed by atoms with van der Waals surface area (Å²) in [7, 11) is 0. The van der Waals surface area contributed by atoms with E-state index in [1.165, 1.54) is 36.8 Å². The van der Waals surface area contributed by atoms with Crippen molar-refractivity contribution in [2.75, 3.05) is 26.2 Å². The molecular formula is C21H31N3O. The Kier molecular flexibility index (Phi) is 5.09. The van der Waals surface area contributed by atoms with Gasteiger partial charge in [0.15, 0.2) is 0 Å². The summed E-state index contributed by atoms with van der Waals surface area (Å²) in [4.78, 5) is 17.3. The molecule has 1 N–H and O–H groups in total. The van der Waals surface area contributed by atoms with E-state index in [1.54, 1.807) is 0 Å². The fraction of sp³-hybridized carbons (Fsp3) is 0.667. The second kappa shape index (κ2) is 7.46. The van der Waals surface area contributed by atoms with E-state index in [4.69, 9.17) is 0 Å². The van der Waals surface area contributed by atoms with Crippen LogP contribution in [0.25, 0.3) is 0 Å². The highest BCUT2D eigenvalue weighted by Gasteiger charge is 2.35. The van der Waals surface area contributed by atoms with Gasteiger partial charge in [-0.3, -0.25) is 9.69 Å². The molecule has 1 aromatic rings. The zero-order chi connectivity index (χ0) is 17.2. The molecule has 2 unspecified atom stereocenters. The molecule has 25 heavy (non-hydrogen) atoms. The number of fused-ring (bicyclic) bond motifs is 2. The fourth-order valence-corrected chi connectivity index (χ4v) is 4.94. The van der Waals surface area contributed by atoms with Crippen LogP contribution in [0.3, 0.4) is 0 Å². The monoisotopic (exact) mass is 341 g/mol. The number of carbonyl (C=O) groups is 1. The minimum atomic E-state index is 0.390. The van der Waals surface area contributed by atoms with E-state index < -0.39 is 0 Å². The minimum absolute atomic E-state index is 0.390. The van der Waals surface area contributed by atoms with E-state index in [2.05, 4.69) is 46.3 Å². The average molecular weight is 341 g/mol. The number of hydrogen-bond donors (Lipinski definition) is 1. The van der Waals surface area contributed by atoms with Crippen LogP contribution in [0, 0.1) is 12.8 Å². The highest BCUT2D eigenvalue weighted by Crippen LogP contribution is 2.33. The molecule has 4 heteroatoms. The van der Waals surface area contributed by atoms with Gasteiger partial charge in [0.25, 0.3) is 0 Å². The summed E-state index contributed by atoms with van der Waals surface area (Å²) < 4.78 is 0. The van der Waals surface area contributed by atoms with Crippen LogP contribution in [0.15, 0.2) is 24.3 Å². The third-order valence-corrected chi connectivity index (χ3v) is 6.25.